The minimum Gasteiger partial charge on any atom is -0.477 e. The average Bonchev–Trinajstić information content (AvgIpc) is 3.22. The summed E-state index contributed by atoms with van der Waals surface area (Å²) >= 11 is 0. The van der Waals surface area contributed by atoms with Gasteiger partial charge in [-0.1, -0.05) is 0 Å². The van der Waals surface area contributed by atoms with Crippen molar-refractivity contribution >= 4 is 17.4 Å². The number of aromatic carboxylic acids is 1. The van der Waals surface area contributed by atoms with Crippen molar-refractivity contribution in [2.24, 2.45) is 0 Å². The molecule has 1 aliphatic heterocycles. The number of carboxylic acid groups (broad SMARTS) is 1. The number of rotatable bonds is 3. The molecular formula is C17H16FN5O2. The molecule has 8 heteroatoms. The Bertz CT molecular complexity index is 971. The maximum atomic E-state index is 13.7. The number of carbonyl (C=O) groups is 1. The van der Waals surface area contributed by atoms with Crippen molar-refractivity contribution in [3.05, 3.63) is 53.4 Å². The highest BCUT2D eigenvalue weighted by Gasteiger charge is 2.29. The quantitative estimate of drug-likeness (QED) is 0.788. The van der Waals surface area contributed by atoms with Gasteiger partial charge in [0, 0.05) is 18.4 Å². The van der Waals surface area contributed by atoms with Crippen molar-refractivity contribution < 1.29 is 14.3 Å². The normalized spacial score (nSPS) is 17.4. The van der Waals surface area contributed by atoms with Crippen molar-refractivity contribution in [3.8, 4) is 0 Å². The van der Waals surface area contributed by atoms with Crippen molar-refractivity contribution in [1.82, 2.24) is 19.6 Å². The van der Waals surface area contributed by atoms with E-state index >= 15 is 0 Å². The van der Waals surface area contributed by atoms with Gasteiger partial charge in [-0.25, -0.2) is 18.7 Å². The summed E-state index contributed by atoms with van der Waals surface area (Å²) in [5.41, 5.74) is 1.98. The van der Waals surface area contributed by atoms with E-state index in [1.807, 2.05) is 6.92 Å². The van der Waals surface area contributed by atoms with Gasteiger partial charge < -0.3 is 10.0 Å². The monoisotopic (exact) mass is 341 g/mol. The van der Waals surface area contributed by atoms with E-state index in [-0.39, 0.29) is 17.4 Å². The van der Waals surface area contributed by atoms with E-state index in [4.69, 9.17) is 0 Å². The molecule has 3 aromatic heterocycles. The number of hydrogen-bond donors (Lipinski definition) is 1. The molecule has 0 aliphatic carbocycles. The molecule has 7 nitrogen and oxygen atoms in total. The zero-order valence-corrected chi connectivity index (χ0v) is 13.6. The molecule has 0 radical (unpaired) electrons. The molecular weight excluding hydrogens is 325 g/mol. The summed E-state index contributed by atoms with van der Waals surface area (Å²) in [7, 11) is 0. The Labute approximate surface area is 142 Å². The van der Waals surface area contributed by atoms with Crippen LogP contribution in [0.25, 0.3) is 5.65 Å². The number of aromatic nitrogens is 4. The molecule has 0 amide bonds. The second kappa shape index (κ2) is 5.80. The first-order valence-electron chi connectivity index (χ1n) is 8.01. The SMILES string of the molecule is Cc1ncc(F)cc1C1CCCN1c1ccn2ncc(C(=O)O)c2n1. The lowest BCUT2D eigenvalue weighted by Crippen LogP contribution is -2.24. The van der Waals surface area contributed by atoms with E-state index in [0.717, 1.165) is 30.6 Å². The van der Waals surface area contributed by atoms with Gasteiger partial charge in [0.15, 0.2) is 5.65 Å². The van der Waals surface area contributed by atoms with Crippen LogP contribution in [-0.4, -0.2) is 37.2 Å². The Morgan fingerprint density at radius 1 is 1.40 bits per heavy atom. The Morgan fingerprint density at radius 2 is 2.24 bits per heavy atom. The summed E-state index contributed by atoms with van der Waals surface area (Å²) in [6.45, 7) is 2.63. The van der Waals surface area contributed by atoms with Crippen LogP contribution in [0.2, 0.25) is 0 Å². The van der Waals surface area contributed by atoms with Gasteiger partial charge in [-0.2, -0.15) is 5.10 Å². The first-order chi connectivity index (χ1) is 12.0. The maximum absolute atomic E-state index is 13.7. The van der Waals surface area contributed by atoms with Crippen molar-refractivity contribution in [2.75, 3.05) is 11.4 Å². The van der Waals surface area contributed by atoms with Gasteiger partial charge in [-0.15, -0.1) is 0 Å². The first-order valence-corrected chi connectivity index (χ1v) is 8.01. The summed E-state index contributed by atoms with van der Waals surface area (Å²) < 4.78 is 15.1. The average molecular weight is 341 g/mol. The predicted molar refractivity (Wildman–Crippen MR) is 88.2 cm³/mol. The number of anilines is 1. The van der Waals surface area contributed by atoms with Crippen LogP contribution in [-0.2, 0) is 0 Å². The van der Waals surface area contributed by atoms with Gasteiger partial charge in [0.05, 0.1) is 18.4 Å². The largest absolute Gasteiger partial charge is 0.477 e. The number of pyridine rings is 1. The molecule has 0 spiro atoms. The van der Waals surface area contributed by atoms with Gasteiger partial charge in [0.1, 0.15) is 17.2 Å². The van der Waals surface area contributed by atoms with Crippen LogP contribution in [0.15, 0.2) is 30.7 Å². The van der Waals surface area contributed by atoms with E-state index in [1.165, 1.54) is 23.0 Å². The van der Waals surface area contributed by atoms with Crippen LogP contribution < -0.4 is 4.90 Å². The summed E-state index contributed by atoms with van der Waals surface area (Å²) in [5, 5.41) is 13.3. The molecule has 128 valence electrons. The Morgan fingerprint density at radius 3 is 3.04 bits per heavy atom. The Hall–Kier alpha value is -3.03. The third-order valence-electron chi connectivity index (χ3n) is 4.58. The summed E-state index contributed by atoms with van der Waals surface area (Å²) in [5.74, 6) is -0.774. The molecule has 1 atom stereocenters. The lowest BCUT2D eigenvalue weighted by Gasteiger charge is -2.27. The molecule has 1 saturated heterocycles. The molecule has 1 N–H and O–H groups in total. The van der Waals surface area contributed by atoms with E-state index in [2.05, 4.69) is 20.0 Å². The molecule has 1 unspecified atom stereocenters. The molecule has 4 heterocycles. The molecule has 0 saturated carbocycles. The summed E-state index contributed by atoms with van der Waals surface area (Å²) in [6, 6.07) is 3.28. The van der Waals surface area contributed by atoms with Crippen molar-refractivity contribution in [3.63, 3.8) is 0 Å². The third kappa shape index (κ3) is 2.59. The van der Waals surface area contributed by atoms with E-state index in [9.17, 15) is 14.3 Å². The van der Waals surface area contributed by atoms with Crippen molar-refractivity contribution in [2.45, 2.75) is 25.8 Å². The maximum Gasteiger partial charge on any atom is 0.341 e. The molecule has 4 rings (SSSR count). The first kappa shape index (κ1) is 15.5. The van der Waals surface area contributed by atoms with Gasteiger partial charge in [-0.05, 0) is 37.5 Å². The number of aryl methyl sites for hydroxylation is 1. The molecule has 0 aromatic carbocycles. The zero-order valence-electron chi connectivity index (χ0n) is 13.6. The summed E-state index contributed by atoms with van der Waals surface area (Å²) in [6.07, 6.45) is 6.00. The van der Waals surface area contributed by atoms with Crippen LogP contribution >= 0.6 is 0 Å². The van der Waals surface area contributed by atoms with Crippen LogP contribution in [0.5, 0.6) is 0 Å². The number of nitrogens with zero attached hydrogens (tertiary/aromatic N) is 5. The second-order valence-electron chi connectivity index (χ2n) is 6.10. The molecule has 1 fully saturated rings. The minimum absolute atomic E-state index is 0.0330. The predicted octanol–water partition coefficient (Wildman–Crippen LogP) is 2.61. The van der Waals surface area contributed by atoms with Crippen LogP contribution in [0, 0.1) is 12.7 Å². The molecule has 0 bridgehead atoms. The van der Waals surface area contributed by atoms with Crippen LogP contribution in [0.3, 0.4) is 0 Å². The number of hydrogen-bond acceptors (Lipinski definition) is 5. The topological polar surface area (TPSA) is 83.6 Å². The van der Waals surface area contributed by atoms with E-state index < -0.39 is 5.97 Å². The van der Waals surface area contributed by atoms with Gasteiger partial charge in [-0.3, -0.25) is 4.98 Å². The fourth-order valence-corrected chi connectivity index (χ4v) is 3.40. The number of fused-ring (bicyclic) bond motifs is 1. The highest BCUT2D eigenvalue weighted by atomic mass is 19.1. The van der Waals surface area contributed by atoms with Crippen LogP contribution in [0.1, 0.15) is 40.5 Å². The second-order valence-corrected chi connectivity index (χ2v) is 6.10. The van der Waals surface area contributed by atoms with Crippen molar-refractivity contribution in [1.29, 1.82) is 0 Å². The third-order valence-corrected chi connectivity index (χ3v) is 4.58. The molecule has 25 heavy (non-hydrogen) atoms. The fraction of sp³-hybridized carbons (Fsp3) is 0.294. The number of carboxylic acids is 1. The minimum atomic E-state index is -1.07. The van der Waals surface area contributed by atoms with E-state index in [0.29, 0.717) is 11.5 Å². The Kier molecular flexibility index (Phi) is 3.60. The molecule has 1 aliphatic rings. The number of halogens is 1. The standard InChI is InChI=1S/C17H16FN5O2/c1-10-12(7-11(18)8-19-10)14-3-2-5-22(14)15-4-6-23-16(21-15)13(9-20-23)17(24)25/h4,6-9,14H,2-3,5H2,1H3,(H,24,25). The van der Waals surface area contributed by atoms with Gasteiger partial charge in [0.25, 0.3) is 0 Å². The van der Waals surface area contributed by atoms with Gasteiger partial charge >= 0.3 is 5.97 Å². The smallest absolute Gasteiger partial charge is 0.341 e. The Balaban J connectivity index is 1.77. The zero-order chi connectivity index (χ0) is 17.6. The summed E-state index contributed by atoms with van der Waals surface area (Å²) in [4.78, 5) is 22.0. The lowest BCUT2D eigenvalue weighted by atomic mass is 10.0. The van der Waals surface area contributed by atoms with E-state index in [1.54, 1.807) is 12.3 Å². The highest BCUT2D eigenvalue weighted by molar-refractivity contribution is 5.94. The fourth-order valence-electron chi connectivity index (χ4n) is 3.40. The lowest BCUT2D eigenvalue weighted by molar-refractivity contribution is 0.0698. The molecule has 3 aromatic rings. The van der Waals surface area contributed by atoms with Crippen LogP contribution in [0.4, 0.5) is 10.2 Å². The highest BCUT2D eigenvalue weighted by Crippen LogP contribution is 2.36. The van der Waals surface area contributed by atoms with Gasteiger partial charge in [0.2, 0.25) is 0 Å².